The van der Waals surface area contributed by atoms with Gasteiger partial charge >= 0.3 is 0 Å². The van der Waals surface area contributed by atoms with Gasteiger partial charge in [0.1, 0.15) is 5.78 Å². The van der Waals surface area contributed by atoms with E-state index in [4.69, 9.17) is 11.6 Å². The quantitative estimate of drug-likeness (QED) is 0.762. The zero-order valence-corrected chi connectivity index (χ0v) is 9.21. The minimum absolute atomic E-state index is 0.182. The molecular formula is C11H14ClNO. The molecular weight excluding hydrogens is 198 g/mol. The van der Waals surface area contributed by atoms with Crippen molar-refractivity contribution in [1.82, 2.24) is 4.90 Å². The van der Waals surface area contributed by atoms with Crippen molar-refractivity contribution in [3.63, 3.8) is 0 Å². The SMILES string of the molecule is CC(=O)CN(C)Cc1ccc(Cl)cc1. The van der Waals surface area contributed by atoms with Crippen molar-refractivity contribution >= 4 is 17.4 Å². The highest BCUT2D eigenvalue weighted by molar-refractivity contribution is 6.30. The normalized spacial score (nSPS) is 10.6. The maximum Gasteiger partial charge on any atom is 0.143 e. The van der Waals surface area contributed by atoms with Gasteiger partial charge in [0.15, 0.2) is 0 Å². The van der Waals surface area contributed by atoms with Gasteiger partial charge in [-0.15, -0.1) is 0 Å². The molecule has 0 spiro atoms. The lowest BCUT2D eigenvalue weighted by atomic mass is 10.2. The van der Waals surface area contributed by atoms with Crippen LogP contribution >= 0.6 is 11.6 Å². The third kappa shape index (κ3) is 3.90. The summed E-state index contributed by atoms with van der Waals surface area (Å²) < 4.78 is 0. The number of hydrogen-bond acceptors (Lipinski definition) is 2. The van der Waals surface area contributed by atoms with Crippen LogP contribution < -0.4 is 0 Å². The zero-order chi connectivity index (χ0) is 10.6. The molecule has 3 heteroatoms. The minimum atomic E-state index is 0.182. The predicted molar refractivity (Wildman–Crippen MR) is 58.5 cm³/mol. The van der Waals surface area contributed by atoms with Crippen molar-refractivity contribution in [3.8, 4) is 0 Å². The van der Waals surface area contributed by atoms with Gasteiger partial charge in [-0.05, 0) is 31.7 Å². The number of rotatable bonds is 4. The fourth-order valence-electron chi connectivity index (χ4n) is 1.34. The second kappa shape index (κ2) is 5.13. The molecule has 0 amide bonds. The van der Waals surface area contributed by atoms with Crippen molar-refractivity contribution in [2.24, 2.45) is 0 Å². The van der Waals surface area contributed by atoms with E-state index in [0.717, 1.165) is 17.1 Å². The molecule has 0 saturated carbocycles. The maximum atomic E-state index is 10.8. The number of benzene rings is 1. The molecule has 0 bridgehead atoms. The lowest BCUT2D eigenvalue weighted by Crippen LogP contribution is -2.23. The molecule has 14 heavy (non-hydrogen) atoms. The minimum Gasteiger partial charge on any atom is -0.299 e. The molecule has 1 aromatic carbocycles. The number of halogens is 1. The van der Waals surface area contributed by atoms with Gasteiger partial charge in [-0.2, -0.15) is 0 Å². The summed E-state index contributed by atoms with van der Waals surface area (Å²) in [6, 6.07) is 7.66. The van der Waals surface area contributed by atoms with Crippen molar-refractivity contribution in [3.05, 3.63) is 34.9 Å². The number of Topliss-reactive ketones (excluding diaryl/α,β-unsaturated/α-hetero) is 1. The highest BCUT2D eigenvalue weighted by Crippen LogP contribution is 2.10. The maximum absolute atomic E-state index is 10.8. The third-order valence-corrected chi connectivity index (χ3v) is 2.11. The molecule has 0 aliphatic heterocycles. The van der Waals surface area contributed by atoms with Crippen LogP contribution in [0.3, 0.4) is 0 Å². The van der Waals surface area contributed by atoms with E-state index in [1.807, 2.05) is 36.2 Å². The van der Waals surface area contributed by atoms with E-state index in [0.29, 0.717) is 6.54 Å². The second-order valence-corrected chi connectivity index (χ2v) is 3.94. The first-order valence-electron chi connectivity index (χ1n) is 4.50. The molecule has 0 aromatic heterocycles. The van der Waals surface area contributed by atoms with Crippen molar-refractivity contribution in [1.29, 1.82) is 0 Å². The molecule has 0 atom stereocenters. The first kappa shape index (κ1) is 11.2. The van der Waals surface area contributed by atoms with Gasteiger partial charge < -0.3 is 0 Å². The summed E-state index contributed by atoms with van der Waals surface area (Å²) in [5.41, 5.74) is 1.16. The van der Waals surface area contributed by atoms with Gasteiger partial charge in [0.2, 0.25) is 0 Å². The molecule has 1 aromatic rings. The molecule has 1 rings (SSSR count). The fourth-order valence-corrected chi connectivity index (χ4v) is 1.46. The van der Waals surface area contributed by atoms with Crippen LogP contribution in [0.4, 0.5) is 0 Å². The van der Waals surface area contributed by atoms with E-state index < -0.39 is 0 Å². The number of ketones is 1. The van der Waals surface area contributed by atoms with E-state index in [1.54, 1.807) is 6.92 Å². The van der Waals surface area contributed by atoms with Crippen molar-refractivity contribution in [2.45, 2.75) is 13.5 Å². The summed E-state index contributed by atoms with van der Waals surface area (Å²) in [7, 11) is 1.93. The van der Waals surface area contributed by atoms with E-state index >= 15 is 0 Å². The average Bonchev–Trinajstić information content (AvgIpc) is 2.07. The van der Waals surface area contributed by atoms with Crippen LogP contribution in [-0.4, -0.2) is 24.3 Å². The summed E-state index contributed by atoms with van der Waals surface area (Å²) in [5.74, 6) is 0.182. The Morgan fingerprint density at radius 2 is 1.93 bits per heavy atom. The fraction of sp³-hybridized carbons (Fsp3) is 0.364. The van der Waals surface area contributed by atoms with Crippen molar-refractivity contribution in [2.75, 3.05) is 13.6 Å². The van der Waals surface area contributed by atoms with E-state index in [9.17, 15) is 4.79 Å². The Bertz CT molecular complexity index is 308. The topological polar surface area (TPSA) is 20.3 Å². The highest BCUT2D eigenvalue weighted by atomic mass is 35.5. The highest BCUT2D eigenvalue weighted by Gasteiger charge is 2.02. The molecule has 2 nitrogen and oxygen atoms in total. The Hall–Kier alpha value is -0.860. The molecule has 0 N–H and O–H groups in total. The Labute approximate surface area is 89.5 Å². The first-order chi connectivity index (χ1) is 6.58. The Morgan fingerprint density at radius 1 is 1.36 bits per heavy atom. The summed E-state index contributed by atoms with van der Waals surface area (Å²) in [5, 5.41) is 0.739. The molecule has 0 saturated heterocycles. The van der Waals surface area contributed by atoms with Gasteiger partial charge in [-0.25, -0.2) is 0 Å². The lowest BCUT2D eigenvalue weighted by molar-refractivity contribution is -0.117. The lowest BCUT2D eigenvalue weighted by Gasteiger charge is -2.14. The first-order valence-corrected chi connectivity index (χ1v) is 4.88. The van der Waals surface area contributed by atoms with E-state index in [-0.39, 0.29) is 5.78 Å². The number of likely N-dealkylation sites (N-methyl/N-ethyl adjacent to an activating group) is 1. The Balaban J connectivity index is 2.51. The van der Waals surface area contributed by atoms with Crippen LogP contribution in [0.5, 0.6) is 0 Å². The molecule has 0 radical (unpaired) electrons. The molecule has 76 valence electrons. The van der Waals surface area contributed by atoms with E-state index in [2.05, 4.69) is 0 Å². The molecule has 0 aliphatic rings. The summed E-state index contributed by atoms with van der Waals surface area (Å²) in [4.78, 5) is 12.8. The number of nitrogens with zero attached hydrogens (tertiary/aromatic N) is 1. The van der Waals surface area contributed by atoms with Gasteiger partial charge in [0, 0.05) is 11.6 Å². The number of hydrogen-bond donors (Lipinski definition) is 0. The number of carbonyl (C=O) groups excluding carboxylic acids is 1. The Morgan fingerprint density at radius 3 is 2.43 bits per heavy atom. The molecule has 0 unspecified atom stereocenters. The van der Waals surface area contributed by atoms with Gasteiger partial charge in [-0.3, -0.25) is 9.69 Å². The Kier molecular flexibility index (Phi) is 4.11. The smallest absolute Gasteiger partial charge is 0.143 e. The average molecular weight is 212 g/mol. The third-order valence-electron chi connectivity index (χ3n) is 1.86. The van der Waals surface area contributed by atoms with Crippen LogP contribution in [0, 0.1) is 0 Å². The van der Waals surface area contributed by atoms with Crippen LogP contribution in [0.25, 0.3) is 0 Å². The summed E-state index contributed by atoms with van der Waals surface area (Å²) in [6.45, 7) is 2.86. The van der Waals surface area contributed by atoms with Crippen LogP contribution in [0.1, 0.15) is 12.5 Å². The van der Waals surface area contributed by atoms with Crippen LogP contribution in [0.2, 0.25) is 5.02 Å². The monoisotopic (exact) mass is 211 g/mol. The van der Waals surface area contributed by atoms with Crippen LogP contribution in [-0.2, 0) is 11.3 Å². The van der Waals surface area contributed by atoms with Crippen molar-refractivity contribution < 1.29 is 4.79 Å². The zero-order valence-electron chi connectivity index (χ0n) is 8.46. The predicted octanol–water partition coefficient (Wildman–Crippen LogP) is 2.36. The van der Waals surface area contributed by atoms with Gasteiger partial charge in [0.25, 0.3) is 0 Å². The number of carbonyl (C=O) groups is 1. The van der Waals surface area contributed by atoms with Gasteiger partial charge in [0.05, 0.1) is 6.54 Å². The summed E-state index contributed by atoms with van der Waals surface area (Å²) in [6.07, 6.45) is 0. The van der Waals surface area contributed by atoms with E-state index in [1.165, 1.54) is 0 Å². The molecule has 0 heterocycles. The van der Waals surface area contributed by atoms with Gasteiger partial charge in [-0.1, -0.05) is 23.7 Å². The second-order valence-electron chi connectivity index (χ2n) is 3.50. The summed E-state index contributed by atoms with van der Waals surface area (Å²) >= 11 is 5.76. The molecule has 0 fully saturated rings. The largest absolute Gasteiger partial charge is 0.299 e. The van der Waals surface area contributed by atoms with Crippen LogP contribution in [0.15, 0.2) is 24.3 Å². The standard InChI is InChI=1S/C11H14ClNO/c1-9(14)7-13(2)8-10-3-5-11(12)6-4-10/h3-6H,7-8H2,1-2H3. The molecule has 0 aliphatic carbocycles.